The van der Waals surface area contributed by atoms with Gasteiger partial charge in [0.15, 0.2) is 0 Å². The van der Waals surface area contributed by atoms with Crippen molar-refractivity contribution in [2.75, 3.05) is 10.6 Å². The second-order valence-electron chi connectivity index (χ2n) is 7.85. The van der Waals surface area contributed by atoms with Gasteiger partial charge in [0, 0.05) is 31.9 Å². The molecule has 4 aromatic rings. The Morgan fingerprint density at radius 3 is 2.14 bits per heavy atom. The van der Waals surface area contributed by atoms with E-state index in [4.69, 9.17) is 23.2 Å². The quantitative estimate of drug-likeness (QED) is 0.242. The lowest BCUT2D eigenvalue weighted by Gasteiger charge is -2.18. The van der Waals surface area contributed by atoms with E-state index in [1.54, 1.807) is 24.3 Å². The molecular formula is C28H22Cl2N2O2S. The average molecular weight is 521 g/mol. The van der Waals surface area contributed by atoms with Crippen molar-refractivity contribution in [2.24, 2.45) is 0 Å². The van der Waals surface area contributed by atoms with Crippen LogP contribution in [0.4, 0.5) is 11.4 Å². The van der Waals surface area contributed by atoms with Gasteiger partial charge in [0.25, 0.3) is 5.91 Å². The number of thioether (sulfide) groups is 1. The Morgan fingerprint density at radius 1 is 0.743 bits per heavy atom. The minimum absolute atomic E-state index is 0.180. The third-order valence-electron chi connectivity index (χ3n) is 5.21. The van der Waals surface area contributed by atoms with Crippen molar-refractivity contribution in [3.63, 3.8) is 0 Å². The van der Waals surface area contributed by atoms with Gasteiger partial charge in [-0.1, -0.05) is 77.8 Å². The third-order valence-corrected chi connectivity index (χ3v) is 6.89. The van der Waals surface area contributed by atoms with Crippen molar-refractivity contribution in [1.29, 1.82) is 0 Å². The van der Waals surface area contributed by atoms with Crippen molar-refractivity contribution in [3.8, 4) is 0 Å². The number of carbonyl (C=O) groups excluding carboxylic acids is 2. The Labute approximate surface area is 218 Å². The molecule has 35 heavy (non-hydrogen) atoms. The van der Waals surface area contributed by atoms with Gasteiger partial charge in [-0.25, -0.2) is 0 Å². The first-order chi connectivity index (χ1) is 16.9. The van der Waals surface area contributed by atoms with Gasteiger partial charge in [-0.2, -0.15) is 0 Å². The number of aryl methyl sites for hydroxylation is 1. The average Bonchev–Trinajstić information content (AvgIpc) is 2.83. The van der Waals surface area contributed by atoms with Gasteiger partial charge in [-0.05, 0) is 60.5 Å². The van der Waals surface area contributed by atoms with Gasteiger partial charge in [0.2, 0.25) is 5.91 Å². The van der Waals surface area contributed by atoms with Crippen LogP contribution in [0.1, 0.15) is 26.7 Å². The molecule has 0 fully saturated rings. The predicted octanol–water partition coefficient (Wildman–Crippen LogP) is 8.03. The van der Waals surface area contributed by atoms with E-state index in [2.05, 4.69) is 10.6 Å². The molecule has 4 aromatic carbocycles. The highest BCUT2D eigenvalue weighted by molar-refractivity contribution is 8.00. The zero-order chi connectivity index (χ0) is 24.8. The number of anilines is 2. The van der Waals surface area contributed by atoms with E-state index in [1.165, 1.54) is 11.8 Å². The van der Waals surface area contributed by atoms with Crippen LogP contribution in [0, 0.1) is 6.92 Å². The maximum absolute atomic E-state index is 13.3. The maximum atomic E-state index is 13.3. The molecule has 2 N–H and O–H groups in total. The first-order valence-electron chi connectivity index (χ1n) is 10.8. The summed E-state index contributed by atoms with van der Waals surface area (Å²) >= 11 is 13.6. The molecule has 2 amide bonds. The molecule has 0 aliphatic carbocycles. The van der Waals surface area contributed by atoms with Crippen LogP contribution in [0.2, 0.25) is 10.0 Å². The molecule has 4 rings (SSSR count). The summed E-state index contributed by atoms with van der Waals surface area (Å²) in [6, 6.07) is 29.3. The normalized spacial score (nSPS) is 11.5. The zero-order valence-electron chi connectivity index (χ0n) is 18.8. The summed E-state index contributed by atoms with van der Waals surface area (Å²) in [5, 5.41) is 6.20. The summed E-state index contributed by atoms with van der Waals surface area (Å²) in [5.74, 6) is -0.394. The van der Waals surface area contributed by atoms with E-state index in [0.29, 0.717) is 27.0 Å². The molecule has 0 aromatic heterocycles. The fourth-order valence-corrected chi connectivity index (χ4v) is 5.15. The van der Waals surface area contributed by atoms with Crippen LogP contribution in [-0.2, 0) is 4.79 Å². The fraction of sp³-hybridized carbons (Fsp3) is 0.0714. The molecule has 0 aliphatic heterocycles. The van der Waals surface area contributed by atoms with Crippen LogP contribution in [0.5, 0.6) is 0 Å². The second kappa shape index (κ2) is 11.5. The largest absolute Gasteiger partial charge is 0.325 e. The summed E-state index contributed by atoms with van der Waals surface area (Å²) in [6.45, 7) is 1.90. The summed E-state index contributed by atoms with van der Waals surface area (Å²) in [6.07, 6.45) is 0. The standard InChI is InChI=1S/C28H22Cl2N2O2S/c1-18-8-5-6-13-25(18)27(33)31-22-11-7-12-24(17-22)35-26(19-9-3-2-4-10-19)28(34)32-23-15-20(29)14-21(30)16-23/h2-17,26H,1H3,(H,31,33)(H,32,34). The van der Waals surface area contributed by atoms with Crippen molar-refractivity contribution < 1.29 is 9.59 Å². The van der Waals surface area contributed by atoms with Crippen molar-refractivity contribution in [2.45, 2.75) is 17.1 Å². The van der Waals surface area contributed by atoms with E-state index in [9.17, 15) is 9.59 Å². The number of carbonyl (C=O) groups is 2. The molecule has 7 heteroatoms. The zero-order valence-corrected chi connectivity index (χ0v) is 21.1. The van der Waals surface area contributed by atoms with Crippen LogP contribution < -0.4 is 10.6 Å². The molecule has 0 saturated carbocycles. The predicted molar refractivity (Wildman–Crippen MR) is 146 cm³/mol. The van der Waals surface area contributed by atoms with Crippen LogP contribution in [0.25, 0.3) is 0 Å². The topological polar surface area (TPSA) is 58.2 Å². The molecule has 0 spiro atoms. The van der Waals surface area contributed by atoms with Gasteiger partial charge in [0.05, 0.1) is 0 Å². The highest BCUT2D eigenvalue weighted by Gasteiger charge is 2.23. The van der Waals surface area contributed by atoms with Crippen molar-refractivity contribution >= 4 is 58.2 Å². The van der Waals surface area contributed by atoms with E-state index >= 15 is 0 Å². The Morgan fingerprint density at radius 2 is 1.43 bits per heavy atom. The third kappa shape index (κ3) is 6.67. The van der Waals surface area contributed by atoms with Gasteiger partial charge >= 0.3 is 0 Å². The number of hydrogen-bond acceptors (Lipinski definition) is 3. The number of amides is 2. The number of halogens is 2. The Balaban J connectivity index is 1.56. The monoisotopic (exact) mass is 520 g/mol. The lowest BCUT2D eigenvalue weighted by molar-refractivity contribution is -0.115. The minimum atomic E-state index is -0.545. The summed E-state index contributed by atoms with van der Waals surface area (Å²) in [7, 11) is 0. The Hall–Kier alpha value is -3.25. The minimum Gasteiger partial charge on any atom is -0.325 e. The highest BCUT2D eigenvalue weighted by Crippen LogP contribution is 2.37. The molecule has 176 valence electrons. The van der Waals surface area contributed by atoms with Gasteiger partial charge in [-0.3, -0.25) is 9.59 Å². The van der Waals surface area contributed by atoms with E-state index in [0.717, 1.165) is 16.0 Å². The highest BCUT2D eigenvalue weighted by atomic mass is 35.5. The summed E-state index contributed by atoms with van der Waals surface area (Å²) < 4.78 is 0. The maximum Gasteiger partial charge on any atom is 0.255 e. The van der Waals surface area contributed by atoms with E-state index in [1.807, 2.05) is 79.7 Å². The number of hydrogen-bond donors (Lipinski definition) is 2. The molecule has 0 aliphatic rings. The molecule has 0 radical (unpaired) electrons. The molecule has 0 saturated heterocycles. The van der Waals surface area contributed by atoms with E-state index < -0.39 is 5.25 Å². The molecule has 4 nitrogen and oxygen atoms in total. The lowest BCUT2D eigenvalue weighted by Crippen LogP contribution is -2.19. The smallest absolute Gasteiger partial charge is 0.255 e. The summed E-state index contributed by atoms with van der Waals surface area (Å²) in [4.78, 5) is 26.9. The number of rotatable bonds is 7. The molecule has 1 atom stereocenters. The van der Waals surface area contributed by atoms with Crippen LogP contribution >= 0.6 is 35.0 Å². The van der Waals surface area contributed by atoms with Crippen molar-refractivity contribution in [3.05, 3.63) is 124 Å². The van der Waals surface area contributed by atoms with E-state index in [-0.39, 0.29) is 11.8 Å². The molecular weight excluding hydrogens is 499 g/mol. The molecule has 1 unspecified atom stereocenters. The SMILES string of the molecule is Cc1ccccc1C(=O)Nc1cccc(SC(C(=O)Nc2cc(Cl)cc(Cl)c2)c2ccccc2)c1. The number of benzene rings is 4. The fourth-order valence-electron chi connectivity index (χ4n) is 3.54. The van der Waals surface area contributed by atoms with Crippen LogP contribution in [-0.4, -0.2) is 11.8 Å². The van der Waals surface area contributed by atoms with Crippen LogP contribution in [0.3, 0.4) is 0 Å². The summed E-state index contributed by atoms with van der Waals surface area (Å²) in [5.41, 5.74) is 3.53. The van der Waals surface area contributed by atoms with Crippen molar-refractivity contribution in [1.82, 2.24) is 0 Å². The molecule has 0 heterocycles. The van der Waals surface area contributed by atoms with Gasteiger partial charge in [0.1, 0.15) is 5.25 Å². The second-order valence-corrected chi connectivity index (χ2v) is 9.90. The Bertz CT molecular complexity index is 1340. The molecule has 0 bridgehead atoms. The van der Waals surface area contributed by atoms with Crippen LogP contribution in [0.15, 0.2) is 102 Å². The first-order valence-corrected chi connectivity index (χ1v) is 12.5. The lowest BCUT2D eigenvalue weighted by atomic mass is 10.1. The first kappa shape index (κ1) is 24.9. The Kier molecular flexibility index (Phi) is 8.13. The van der Waals surface area contributed by atoms with Gasteiger partial charge < -0.3 is 10.6 Å². The number of nitrogens with one attached hydrogen (secondary N) is 2. The van der Waals surface area contributed by atoms with Gasteiger partial charge in [-0.15, -0.1) is 11.8 Å².